The van der Waals surface area contributed by atoms with Gasteiger partial charge >= 0.3 is 5.69 Å². The largest absolute Gasteiger partial charge is 0.335 e. The van der Waals surface area contributed by atoms with Crippen LogP contribution in [0, 0.1) is 0 Å². The maximum absolute atomic E-state index is 13.1. The monoisotopic (exact) mass is 526 g/mol. The van der Waals surface area contributed by atoms with Gasteiger partial charge in [0.05, 0.1) is 10.6 Å². The molecule has 0 saturated heterocycles. The van der Waals surface area contributed by atoms with Gasteiger partial charge in [-0.15, -0.1) is 0 Å². The predicted molar refractivity (Wildman–Crippen MR) is 115 cm³/mol. The second-order valence-electron chi connectivity index (χ2n) is 5.97. The summed E-state index contributed by atoms with van der Waals surface area (Å²) in [5.74, 6) is 0. The van der Waals surface area contributed by atoms with Crippen LogP contribution in [0.3, 0.4) is 0 Å². The van der Waals surface area contributed by atoms with Crippen molar-refractivity contribution in [2.75, 3.05) is 5.33 Å². The molecule has 0 aliphatic rings. The smallest absolute Gasteiger partial charge is 0.298 e. The van der Waals surface area contributed by atoms with Crippen molar-refractivity contribution in [2.24, 2.45) is 0 Å². The van der Waals surface area contributed by atoms with Crippen LogP contribution in [0.5, 0.6) is 0 Å². The molecule has 0 fully saturated rings. The lowest BCUT2D eigenvalue weighted by molar-refractivity contribution is 0.577. The molecule has 9 heteroatoms. The van der Waals surface area contributed by atoms with Gasteiger partial charge < -0.3 is 0 Å². The highest BCUT2D eigenvalue weighted by atomic mass is 79.9. The van der Waals surface area contributed by atoms with E-state index in [4.69, 9.17) is 0 Å². The Bertz CT molecular complexity index is 1190. The van der Waals surface area contributed by atoms with E-state index in [-0.39, 0.29) is 16.3 Å². The number of rotatable bonds is 6. The zero-order valence-corrected chi connectivity index (χ0v) is 18.5. The molecular formula is C19H16Br2N2O4S. The highest BCUT2D eigenvalue weighted by molar-refractivity contribution is 9.12. The third-order valence-corrected chi connectivity index (χ3v) is 8.06. The summed E-state index contributed by atoms with van der Waals surface area (Å²) in [5.41, 5.74) is -1.17. The molecule has 0 N–H and O–H groups in total. The fraction of sp³-hybridized carbons (Fsp3) is 0.158. The molecule has 0 aliphatic carbocycles. The number of hydrogen-bond donors (Lipinski definition) is 0. The Balaban J connectivity index is 2.33. The maximum Gasteiger partial charge on any atom is 0.335 e. The minimum atomic E-state index is -4.10. The average molecular weight is 528 g/mol. The molecule has 146 valence electrons. The quantitative estimate of drug-likeness (QED) is 0.462. The predicted octanol–water partition coefficient (Wildman–Crippen LogP) is 2.99. The molecular weight excluding hydrogens is 512 g/mol. The molecule has 1 atom stereocenters. The second kappa shape index (κ2) is 8.59. The van der Waals surface area contributed by atoms with E-state index in [2.05, 4.69) is 31.9 Å². The van der Waals surface area contributed by atoms with Crippen molar-refractivity contribution in [1.82, 2.24) is 9.13 Å². The SMILES string of the molecule is O=c1c(S(=O)(=O)c2ccccc2)cn(C[C@H](Br)CBr)c(=O)n1-c1ccccc1. The van der Waals surface area contributed by atoms with Gasteiger partial charge in [-0.1, -0.05) is 68.3 Å². The summed E-state index contributed by atoms with van der Waals surface area (Å²) in [6, 6.07) is 16.0. The molecule has 0 amide bonds. The van der Waals surface area contributed by atoms with Crippen molar-refractivity contribution in [3.05, 3.63) is 87.7 Å². The molecule has 0 spiro atoms. The maximum atomic E-state index is 13.1. The third-order valence-electron chi connectivity index (χ3n) is 4.04. The number of para-hydroxylation sites is 1. The van der Waals surface area contributed by atoms with Crippen molar-refractivity contribution >= 4 is 41.7 Å². The van der Waals surface area contributed by atoms with Crippen molar-refractivity contribution < 1.29 is 8.42 Å². The summed E-state index contributed by atoms with van der Waals surface area (Å²) < 4.78 is 28.3. The number of halogens is 2. The summed E-state index contributed by atoms with van der Waals surface area (Å²) in [7, 11) is -4.10. The van der Waals surface area contributed by atoms with Crippen LogP contribution in [-0.4, -0.2) is 27.7 Å². The Hall–Kier alpha value is -1.97. The summed E-state index contributed by atoms with van der Waals surface area (Å²) >= 11 is 6.74. The van der Waals surface area contributed by atoms with Crippen LogP contribution < -0.4 is 11.2 Å². The van der Waals surface area contributed by atoms with Gasteiger partial charge in [-0.2, -0.15) is 0 Å². The molecule has 1 aromatic heterocycles. The first-order chi connectivity index (χ1) is 13.4. The van der Waals surface area contributed by atoms with Gasteiger partial charge in [0, 0.05) is 22.9 Å². The van der Waals surface area contributed by atoms with E-state index in [1.54, 1.807) is 48.5 Å². The first-order valence-electron chi connectivity index (χ1n) is 8.28. The van der Waals surface area contributed by atoms with E-state index < -0.39 is 26.0 Å². The molecule has 3 rings (SSSR count). The van der Waals surface area contributed by atoms with Crippen LogP contribution in [0.15, 0.2) is 86.2 Å². The van der Waals surface area contributed by atoms with Crippen molar-refractivity contribution in [2.45, 2.75) is 21.2 Å². The Kier molecular flexibility index (Phi) is 6.36. The molecule has 2 aromatic carbocycles. The lowest BCUT2D eigenvalue weighted by atomic mass is 10.3. The van der Waals surface area contributed by atoms with Crippen LogP contribution in [-0.2, 0) is 16.4 Å². The zero-order valence-electron chi connectivity index (χ0n) is 14.5. The van der Waals surface area contributed by atoms with Gasteiger partial charge in [0.25, 0.3) is 5.56 Å². The van der Waals surface area contributed by atoms with Gasteiger partial charge in [-0.25, -0.2) is 17.8 Å². The average Bonchev–Trinajstić information content (AvgIpc) is 2.71. The molecule has 28 heavy (non-hydrogen) atoms. The van der Waals surface area contributed by atoms with Crippen LogP contribution >= 0.6 is 31.9 Å². The lowest BCUT2D eigenvalue weighted by Gasteiger charge is -2.15. The van der Waals surface area contributed by atoms with Crippen LogP contribution in [0.2, 0.25) is 0 Å². The van der Waals surface area contributed by atoms with Gasteiger partial charge in [-0.3, -0.25) is 9.36 Å². The molecule has 1 heterocycles. The number of alkyl halides is 2. The molecule has 0 saturated carbocycles. The minimum Gasteiger partial charge on any atom is -0.298 e. The molecule has 6 nitrogen and oxygen atoms in total. The Morgan fingerprint density at radius 1 is 0.929 bits per heavy atom. The number of benzene rings is 2. The van der Waals surface area contributed by atoms with Crippen molar-refractivity contribution in [1.29, 1.82) is 0 Å². The van der Waals surface area contributed by atoms with Gasteiger partial charge in [0.1, 0.15) is 0 Å². The fourth-order valence-corrected chi connectivity index (χ4v) is 4.56. The van der Waals surface area contributed by atoms with E-state index in [1.807, 2.05) is 0 Å². The molecule has 0 radical (unpaired) electrons. The van der Waals surface area contributed by atoms with Crippen LogP contribution in [0.1, 0.15) is 0 Å². The molecule has 3 aromatic rings. The standard InChI is InChI=1S/C19H16Br2N2O4S/c20-11-14(21)12-22-13-17(28(26,27)16-9-5-2-6-10-16)18(24)23(19(22)25)15-7-3-1-4-8-15/h1-10,13-14H,11-12H2/t14-/m1/s1. The number of sulfone groups is 1. The van der Waals surface area contributed by atoms with Crippen molar-refractivity contribution in [3.63, 3.8) is 0 Å². The van der Waals surface area contributed by atoms with Crippen molar-refractivity contribution in [3.8, 4) is 5.69 Å². The Morgan fingerprint density at radius 3 is 2.07 bits per heavy atom. The van der Waals surface area contributed by atoms with Crippen LogP contribution in [0.25, 0.3) is 5.69 Å². The Labute approximate surface area is 178 Å². The number of aromatic nitrogens is 2. The first-order valence-corrected chi connectivity index (χ1v) is 11.8. The second-order valence-corrected chi connectivity index (χ2v) is 9.83. The van der Waals surface area contributed by atoms with E-state index in [9.17, 15) is 18.0 Å². The topological polar surface area (TPSA) is 78.1 Å². The highest BCUT2D eigenvalue weighted by Crippen LogP contribution is 2.18. The normalized spacial score (nSPS) is 12.6. The summed E-state index contributed by atoms with van der Waals surface area (Å²) in [4.78, 5) is 25.4. The fourth-order valence-electron chi connectivity index (χ4n) is 2.69. The zero-order chi connectivity index (χ0) is 20.3. The van der Waals surface area contributed by atoms with E-state index in [0.717, 1.165) is 10.8 Å². The summed E-state index contributed by atoms with van der Waals surface area (Å²) in [6.07, 6.45) is 1.13. The summed E-state index contributed by atoms with van der Waals surface area (Å²) in [6.45, 7) is 0.189. The number of nitrogens with zero attached hydrogens (tertiary/aromatic N) is 2. The first kappa shape index (κ1) is 20.8. The van der Waals surface area contributed by atoms with Gasteiger partial charge in [0.15, 0.2) is 4.90 Å². The van der Waals surface area contributed by atoms with Crippen LogP contribution in [0.4, 0.5) is 0 Å². The Morgan fingerprint density at radius 2 is 1.50 bits per heavy atom. The molecule has 0 bridgehead atoms. The number of hydrogen-bond acceptors (Lipinski definition) is 4. The summed E-state index contributed by atoms with van der Waals surface area (Å²) in [5, 5.41) is 0.546. The van der Waals surface area contributed by atoms with Gasteiger partial charge in [0.2, 0.25) is 9.84 Å². The molecule has 0 unspecified atom stereocenters. The van der Waals surface area contributed by atoms with E-state index in [0.29, 0.717) is 11.0 Å². The van der Waals surface area contributed by atoms with E-state index in [1.165, 1.54) is 16.7 Å². The third kappa shape index (κ3) is 4.06. The minimum absolute atomic E-state index is 0.00667. The molecule has 0 aliphatic heterocycles. The van der Waals surface area contributed by atoms with E-state index >= 15 is 0 Å². The van der Waals surface area contributed by atoms with Gasteiger partial charge in [-0.05, 0) is 24.3 Å². The lowest BCUT2D eigenvalue weighted by Crippen LogP contribution is -2.42. The highest BCUT2D eigenvalue weighted by Gasteiger charge is 2.26.